The summed E-state index contributed by atoms with van der Waals surface area (Å²) in [6, 6.07) is 21.8. The van der Waals surface area contributed by atoms with Gasteiger partial charge in [-0.25, -0.2) is 4.98 Å². The summed E-state index contributed by atoms with van der Waals surface area (Å²) in [5, 5.41) is 15.2. The van der Waals surface area contributed by atoms with Gasteiger partial charge in [0.1, 0.15) is 0 Å². The molecule has 6 aromatic rings. The first-order valence-electron chi connectivity index (χ1n) is 16.1. The lowest BCUT2D eigenvalue weighted by atomic mass is 10.00. The van der Waals surface area contributed by atoms with Crippen molar-refractivity contribution in [1.29, 1.82) is 0 Å². The van der Waals surface area contributed by atoms with Gasteiger partial charge in [-0.2, -0.15) is 0 Å². The van der Waals surface area contributed by atoms with E-state index in [1.807, 2.05) is 42.5 Å². The van der Waals surface area contributed by atoms with Crippen LogP contribution in [0.1, 0.15) is 16.8 Å². The predicted molar refractivity (Wildman–Crippen MR) is 199 cm³/mol. The zero-order valence-corrected chi connectivity index (χ0v) is 29.9. The van der Waals surface area contributed by atoms with Crippen molar-refractivity contribution in [3.05, 3.63) is 89.6 Å². The Labute approximate surface area is 300 Å². The highest BCUT2D eigenvalue weighted by Gasteiger charge is 2.22. The number of para-hydroxylation sites is 1. The fourth-order valence-electron chi connectivity index (χ4n) is 6.15. The van der Waals surface area contributed by atoms with E-state index in [2.05, 4.69) is 10.3 Å². The Morgan fingerprint density at radius 3 is 1.90 bits per heavy atom. The van der Waals surface area contributed by atoms with Crippen LogP contribution in [-0.2, 0) is 11.3 Å². The zero-order chi connectivity index (χ0) is 36.9. The molecule has 0 unspecified atom stereocenters. The standard InChI is InChI=1S/C40H39N3O9/c1-46-31-15-22(12-13-30(31)44)14-27(23-16-32(47-2)38(51-6)33(17-23)48-3)40(45)41-21-25-20-28-26-10-8-9-11-29(26)43-37(28)36(42-25)24-18-34(49-4)39(52-7)35(19-24)50-5/h8-20,43-44H,21H2,1-7H3,(H,41,45)/b27-14+. The molecule has 0 saturated carbocycles. The third kappa shape index (κ3) is 6.65. The maximum Gasteiger partial charge on any atom is 0.252 e. The molecule has 4 aromatic carbocycles. The molecule has 3 N–H and O–H groups in total. The SMILES string of the molecule is COc1cc(/C=C(/C(=O)NCc2cc3c([nH]c4ccccc43)c(-c3cc(OC)c(OC)c(OC)c3)n2)c2cc(OC)c(OC)c(OC)c2)ccc1O. The van der Waals surface area contributed by atoms with E-state index in [0.717, 1.165) is 27.4 Å². The number of aromatic amines is 1. The van der Waals surface area contributed by atoms with Gasteiger partial charge in [0.15, 0.2) is 34.5 Å². The van der Waals surface area contributed by atoms with Crippen LogP contribution >= 0.6 is 0 Å². The molecule has 0 aliphatic carbocycles. The fraction of sp³-hybridized carbons (Fsp3) is 0.200. The minimum Gasteiger partial charge on any atom is -0.504 e. The van der Waals surface area contributed by atoms with Crippen molar-refractivity contribution in [2.24, 2.45) is 0 Å². The molecule has 0 fully saturated rings. The number of ether oxygens (including phenoxy) is 7. The molecule has 0 spiro atoms. The van der Waals surface area contributed by atoms with Crippen LogP contribution in [0.4, 0.5) is 0 Å². The Balaban J connectivity index is 1.46. The largest absolute Gasteiger partial charge is 0.504 e. The number of nitrogens with one attached hydrogen (secondary N) is 2. The predicted octanol–water partition coefficient (Wildman–Crippen LogP) is 7.01. The third-order valence-electron chi connectivity index (χ3n) is 8.65. The molecule has 52 heavy (non-hydrogen) atoms. The van der Waals surface area contributed by atoms with Crippen LogP contribution in [0.2, 0.25) is 0 Å². The van der Waals surface area contributed by atoms with Crippen molar-refractivity contribution < 1.29 is 43.1 Å². The van der Waals surface area contributed by atoms with Gasteiger partial charge in [0, 0.05) is 27.4 Å². The van der Waals surface area contributed by atoms with Crippen LogP contribution in [0.5, 0.6) is 46.0 Å². The van der Waals surface area contributed by atoms with E-state index in [0.29, 0.717) is 57.0 Å². The molecule has 12 nitrogen and oxygen atoms in total. The normalized spacial score (nSPS) is 11.3. The molecule has 2 aromatic heterocycles. The molecule has 0 saturated heterocycles. The number of carbonyl (C=O) groups excluding carboxylic acids is 1. The van der Waals surface area contributed by atoms with E-state index < -0.39 is 5.91 Å². The average Bonchev–Trinajstić information content (AvgIpc) is 3.56. The number of carbonyl (C=O) groups is 1. The number of fused-ring (bicyclic) bond motifs is 3. The van der Waals surface area contributed by atoms with E-state index in [1.165, 1.54) is 34.5 Å². The number of nitrogens with zero attached hydrogens (tertiary/aromatic N) is 1. The number of benzene rings is 4. The van der Waals surface area contributed by atoms with Gasteiger partial charge in [-0.15, -0.1) is 0 Å². The summed E-state index contributed by atoms with van der Waals surface area (Å²) < 4.78 is 38.9. The lowest BCUT2D eigenvalue weighted by molar-refractivity contribution is -0.115. The van der Waals surface area contributed by atoms with Crippen LogP contribution in [0, 0.1) is 0 Å². The number of hydrogen-bond donors (Lipinski definition) is 3. The summed E-state index contributed by atoms with van der Waals surface area (Å²) in [5.41, 5.74) is 5.09. The summed E-state index contributed by atoms with van der Waals surface area (Å²) >= 11 is 0. The van der Waals surface area contributed by atoms with Gasteiger partial charge in [-0.1, -0.05) is 24.3 Å². The first-order valence-corrected chi connectivity index (χ1v) is 16.1. The molecule has 6 rings (SSSR count). The van der Waals surface area contributed by atoms with Crippen molar-refractivity contribution in [2.45, 2.75) is 6.54 Å². The highest BCUT2D eigenvalue weighted by Crippen LogP contribution is 2.43. The molecule has 0 aliphatic heterocycles. The molecule has 0 radical (unpaired) electrons. The van der Waals surface area contributed by atoms with Gasteiger partial charge in [-0.05, 0) is 65.7 Å². The number of H-pyrrole nitrogens is 1. The second-order valence-corrected chi connectivity index (χ2v) is 11.6. The molecule has 268 valence electrons. The second-order valence-electron chi connectivity index (χ2n) is 11.6. The number of rotatable bonds is 13. The molecular formula is C40H39N3O9. The quantitative estimate of drug-likeness (QED) is 0.0849. The van der Waals surface area contributed by atoms with Crippen molar-refractivity contribution in [3.63, 3.8) is 0 Å². The van der Waals surface area contributed by atoms with E-state index in [4.69, 9.17) is 38.1 Å². The van der Waals surface area contributed by atoms with E-state index >= 15 is 0 Å². The highest BCUT2D eigenvalue weighted by molar-refractivity contribution is 6.24. The monoisotopic (exact) mass is 705 g/mol. The Hall–Kier alpha value is -6.56. The number of phenolic OH excluding ortho intramolecular Hbond substituents is 1. The van der Waals surface area contributed by atoms with Crippen LogP contribution < -0.4 is 38.5 Å². The topological polar surface area (TPSA) is 143 Å². The van der Waals surface area contributed by atoms with E-state index in [1.54, 1.807) is 51.7 Å². The number of amides is 1. The maximum atomic E-state index is 14.3. The van der Waals surface area contributed by atoms with Crippen LogP contribution in [0.15, 0.2) is 72.8 Å². The van der Waals surface area contributed by atoms with E-state index in [9.17, 15) is 9.90 Å². The number of aromatic nitrogens is 2. The minimum absolute atomic E-state index is 0.0277. The Bertz CT molecular complexity index is 2260. The molecule has 1 amide bonds. The zero-order valence-electron chi connectivity index (χ0n) is 29.9. The van der Waals surface area contributed by atoms with Crippen molar-refractivity contribution in [3.8, 4) is 57.3 Å². The lowest BCUT2D eigenvalue weighted by Crippen LogP contribution is -2.24. The van der Waals surface area contributed by atoms with Crippen LogP contribution in [-0.4, -0.2) is 70.8 Å². The summed E-state index contributed by atoms with van der Waals surface area (Å²) in [6.45, 7) is 0.0758. The second kappa shape index (κ2) is 15.1. The van der Waals surface area contributed by atoms with Crippen molar-refractivity contribution in [1.82, 2.24) is 15.3 Å². The Morgan fingerprint density at radius 1 is 0.712 bits per heavy atom. The summed E-state index contributed by atoms with van der Waals surface area (Å²) in [6.07, 6.45) is 1.69. The number of methoxy groups -OCH3 is 7. The number of phenols is 1. The number of pyridine rings is 1. The highest BCUT2D eigenvalue weighted by atomic mass is 16.5. The Morgan fingerprint density at radius 2 is 1.31 bits per heavy atom. The fourth-order valence-corrected chi connectivity index (χ4v) is 6.15. The van der Waals surface area contributed by atoms with Gasteiger partial charge in [0.2, 0.25) is 11.5 Å². The Kier molecular flexibility index (Phi) is 10.3. The van der Waals surface area contributed by atoms with E-state index in [-0.39, 0.29) is 23.6 Å². The molecule has 2 heterocycles. The number of hydrogen-bond acceptors (Lipinski definition) is 10. The molecule has 0 aliphatic rings. The summed E-state index contributed by atoms with van der Waals surface area (Å²) in [5.74, 6) is 2.38. The number of aromatic hydroxyl groups is 1. The first kappa shape index (κ1) is 35.3. The van der Waals surface area contributed by atoms with Crippen molar-refractivity contribution >= 4 is 39.4 Å². The molecular weight excluding hydrogens is 666 g/mol. The maximum absolute atomic E-state index is 14.3. The van der Waals surface area contributed by atoms with Gasteiger partial charge < -0.3 is 48.6 Å². The summed E-state index contributed by atoms with van der Waals surface area (Å²) in [7, 11) is 10.7. The van der Waals surface area contributed by atoms with Gasteiger partial charge in [0.05, 0.1) is 73.2 Å². The lowest BCUT2D eigenvalue weighted by Gasteiger charge is -2.17. The van der Waals surface area contributed by atoms with Crippen molar-refractivity contribution in [2.75, 3.05) is 49.8 Å². The average molecular weight is 706 g/mol. The third-order valence-corrected chi connectivity index (χ3v) is 8.65. The molecule has 12 heteroatoms. The van der Waals surface area contributed by atoms with Gasteiger partial charge >= 0.3 is 0 Å². The van der Waals surface area contributed by atoms with Gasteiger partial charge in [-0.3, -0.25) is 4.79 Å². The first-order chi connectivity index (χ1) is 25.3. The molecule has 0 bridgehead atoms. The minimum atomic E-state index is -0.406. The smallest absolute Gasteiger partial charge is 0.252 e. The van der Waals surface area contributed by atoms with Gasteiger partial charge in [0.25, 0.3) is 5.91 Å². The van der Waals surface area contributed by atoms with Crippen LogP contribution in [0.25, 0.3) is 44.7 Å². The summed E-state index contributed by atoms with van der Waals surface area (Å²) in [4.78, 5) is 22.8. The van der Waals surface area contributed by atoms with Crippen LogP contribution in [0.3, 0.4) is 0 Å². The molecule has 0 atom stereocenters.